The SMILES string of the molecule is COc1cc2c(c([N+](=O)[O-])c1)OC1(Sc3ccccc3S1)C(c1cccc3ccccc13)=C2. The maximum Gasteiger partial charge on any atom is 0.315 e. The van der Waals surface area contributed by atoms with Crippen LogP contribution in [-0.4, -0.2) is 16.3 Å². The summed E-state index contributed by atoms with van der Waals surface area (Å²) in [6.07, 6.45) is 2.02. The molecule has 5 nitrogen and oxygen atoms in total. The minimum atomic E-state index is -0.889. The van der Waals surface area contributed by atoms with Crippen LogP contribution in [0.2, 0.25) is 0 Å². The third-order valence-corrected chi connectivity index (χ3v) is 8.71. The molecule has 2 aliphatic rings. The number of nitro groups is 1. The Hall–Kier alpha value is -3.42. The molecule has 0 N–H and O–H groups in total. The molecule has 2 aliphatic heterocycles. The van der Waals surface area contributed by atoms with E-state index in [4.69, 9.17) is 9.47 Å². The van der Waals surface area contributed by atoms with Crippen LogP contribution < -0.4 is 9.47 Å². The monoisotopic (exact) mass is 471 g/mol. The van der Waals surface area contributed by atoms with E-state index < -0.39 is 9.19 Å². The lowest BCUT2D eigenvalue weighted by molar-refractivity contribution is -0.386. The van der Waals surface area contributed by atoms with Crippen LogP contribution in [0.1, 0.15) is 11.1 Å². The predicted molar refractivity (Wildman–Crippen MR) is 133 cm³/mol. The number of nitro benzene ring substituents is 1. The predicted octanol–water partition coefficient (Wildman–Crippen LogP) is 7.24. The first-order chi connectivity index (χ1) is 16.1. The van der Waals surface area contributed by atoms with Crippen LogP contribution in [0.25, 0.3) is 22.4 Å². The number of hydrogen-bond acceptors (Lipinski definition) is 6. The van der Waals surface area contributed by atoms with Crippen LogP contribution in [0.15, 0.2) is 88.7 Å². The highest BCUT2D eigenvalue weighted by Crippen LogP contribution is 2.64. The highest BCUT2D eigenvalue weighted by Gasteiger charge is 2.49. The van der Waals surface area contributed by atoms with Gasteiger partial charge in [0.25, 0.3) is 0 Å². The van der Waals surface area contributed by atoms with Crippen molar-refractivity contribution < 1.29 is 14.4 Å². The Morgan fingerprint density at radius 1 is 0.939 bits per heavy atom. The summed E-state index contributed by atoms with van der Waals surface area (Å²) >= 11 is 3.17. The van der Waals surface area contributed by atoms with Crippen LogP contribution in [-0.2, 0) is 0 Å². The molecular formula is C26H17NO4S2. The Bertz CT molecular complexity index is 1450. The van der Waals surface area contributed by atoms with Crippen LogP contribution in [0.4, 0.5) is 5.69 Å². The van der Waals surface area contributed by atoms with Crippen LogP contribution >= 0.6 is 23.5 Å². The van der Waals surface area contributed by atoms with Gasteiger partial charge in [0.2, 0.25) is 10.0 Å². The van der Waals surface area contributed by atoms with Gasteiger partial charge in [0.1, 0.15) is 5.75 Å². The van der Waals surface area contributed by atoms with E-state index >= 15 is 0 Å². The topological polar surface area (TPSA) is 61.6 Å². The van der Waals surface area contributed by atoms with Gasteiger partial charge in [-0.05, 0) is 40.6 Å². The van der Waals surface area contributed by atoms with Gasteiger partial charge in [-0.15, -0.1) is 0 Å². The fraction of sp³-hybridized carbons (Fsp3) is 0.0769. The molecule has 0 aliphatic carbocycles. The summed E-state index contributed by atoms with van der Waals surface area (Å²) in [7, 11) is 1.51. The number of thioether (sulfide) groups is 2. The van der Waals surface area contributed by atoms with Crippen molar-refractivity contribution in [2.24, 2.45) is 0 Å². The molecule has 0 unspecified atom stereocenters. The van der Waals surface area contributed by atoms with E-state index in [1.54, 1.807) is 29.6 Å². The molecule has 33 heavy (non-hydrogen) atoms. The van der Waals surface area contributed by atoms with Crippen molar-refractivity contribution in [2.45, 2.75) is 14.1 Å². The van der Waals surface area contributed by atoms with Gasteiger partial charge in [0.05, 0.1) is 18.1 Å². The summed E-state index contributed by atoms with van der Waals surface area (Å²) in [5.74, 6) is 0.682. The maximum absolute atomic E-state index is 11.9. The molecule has 7 heteroatoms. The minimum absolute atomic E-state index is 0.103. The molecule has 0 radical (unpaired) electrons. The van der Waals surface area contributed by atoms with E-state index in [0.717, 1.165) is 31.7 Å². The first kappa shape index (κ1) is 20.2. The van der Waals surface area contributed by atoms with Gasteiger partial charge < -0.3 is 9.47 Å². The van der Waals surface area contributed by atoms with Gasteiger partial charge in [-0.3, -0.25) is 10.1 Å². The van der Waals surface area contributed by atoms with Gasteiger partial charge in [-0.25, -0.2) is 0 Å². The van der Waals surface area contributed by atoms with E-state index in [1.165, 1.54) is 13.2 Å². The lowest BCUT2D eigenvalue weighted by Gasteiger charge is -2.35. The highest BCUT2D eigenvalue weighted by molar-refractivity contribution is 8.21. The second kappa shape index (κ2) is 7.57. The number of methoxy groups -OCH3 is 1. The fourth-order valence-electron chi connectivity index (χ4n) is 4.30. The van der Waals surface area contributed by atoms with Crippen molar-refractivity contribution in [1.29, 1.82) is 0 Å². The van der Waals surface area contributed by atoms with Gasteiger partial charge in [0.15, 0.2) is 0 Å². The lowest BCUT2D eigenvalue weighted by Crippen LogP contribution is -2.30. The summed E-state index contributed by atoms with van der Waals surface area (Å²) in [5, 5.41) is 14.2. The Labute approximate surface area is 198 Å². The molecule has 0 bridgehead atoms. The van der Waals surface area contributed by atoms with Crippen LogP contribution in [0.3, 0.4) is 0 Å². The number of rotatable bonds is 3. The van der Waals surface area contributed by atoms with E-state index in [9.17, 15) is 10.1 Å². The van der Waals surface area contributed by atoms with E-state index in [1.807, 2.05) is 36.4 Å². The zero-order valence-corrected chi connectivity index (χ0v) is 19.1. The van der Waals surface area contributed by atoms with E-state index in [0.29, 0.717) is 11.3 Å². The van der Waals surface area contributed by atoms with Crippen molar-refractivity contribution in [3.05, 3.63) is 100 Å². The van der Waals surface area contributed by atoms with Crippen molar-refractivity contribution in [1.82, 2.24) is 0 Å². The molecule has 0 atom stereocenters. The first-order valence-corrected chi connectivity index (χ1v) is 11.9. The molecule has 2 heterocycles. The molecule has 0 fully saturated rings. The number of fused-ring (bicyclic) bond motifs is 3. The number of nitrogens with zero attached hydrogens (tertiary/aromatic N) is 1. The van der Waals surface area contributed by atoms with Crippen molar-refractivity contribution in [3.63, 3.8) is 0 Å². The highest BCUT2D eigenvalue weighted by atomic mass is 32.2. The normalized spacial score (nSPS) is 15.5. The summed E-state index contributed by atoms with van der Waals surface area (Å²) < 4.78 is 11.1. The largest absolute Gasteiger partial charge is 0.496 e. The number of ether oxygens (including phenoxy) is 2. The maximum atomic E-state index is 11.9. The molecular weight excluding hydrogens is 454 g/mol. The molecule has 0 aromatic heterocycles. The van der Waals surface area contributed by atoms with Crippen LogP contribution in [0.5, 0.6) is 11.5 Å². The third-order valence-electron chi connectivity index (χ3n) is 5.79. The van der Waals surface area contributed by atoms with Crippen molar-refractivity contribution in [3.8, 4) is 11.5 Å². The van der Waals surface area contributed by atoms with E-state index in [-0.39, 0.29) is 11.4 Å². The molecule has 162 valence electrons. The third kappa shape index (κ3) is 3.19. The van der Waals surface area contributed by atoms with Gasteiger partial charge in [-0.1, -0.05) is 78.1 Å². The Morgan fingerprint density at radius 3 is 2.36 bits per heavy atom. The molecule has 0 amide bonds. The smallest absolute Gasteiger partial charge is 0.315 e. The van der Waals surface area contributed by atoms with Gasteiger partial charge in [-0.2, -0.15) is 0 Å². The standard InChI is InChI=1S/C26H17NO4S2/c1-30-18-13-17-14-21(20-10-6-8-16-7-2-3-9-19(16)20)26(31-25(17)22(15-18)27(28)29)32-23-11-4-5-12-24(23)33-26/h2-15H,1H3. The van der Waals surface area contributed by atoms with Crippen molar-refractivity contribution in [2.75, 3.05) is 7.11 Å². The molecule has 4 aromatic rings. The zero-order chi connectivity index (χ0) is 22.6. The first-order valence-electron chi connectivity index (χ1n) is 10.3. The molecule has 0 saturated carbocycles. The van der Waals surface area contributed by atoms with Gasteiger partial charge >= 0.3 is 5.69 Å². The molecule has 1 spiro atoms. The zero-order valence-electron chi connectivity index (χ0n) is 17.5. The quantitative estimate of drug-likeness (QED) is 0.232. The molecule has 6 rings (SSSR count). The second-order valence-corrected chi connectivity index (χ2v) is 10.4. The molecule has 0 saturated heterocycles. The summed E-state index contributed by atoms with van der Waals surface area (Å²) in [6, 6.07) is 25.7. The van der Waals surface area contributed by atoms with Gasteiger partial charge in [0, 0.05) is 20.9 Å². The number of hydrogen-bond donors (Lipinski definition) is 0. The minimum Gasteiger partial charge on any atom is -0.496 e. The Balaban J connectivity index is 1.64. The fourth-order valence-corrected chi connectivity index (χ4v) is 7.27. The summed E-state index contributed by atoms with van der Waals surface area (Å²) in [5.41, 5.74) is 2.53. The number of benzene rings is 4. The Morgan fingerprint density at radius 2 is 1.64 bits per heavy atom. The van der Waals surface area contributed by atoms with Crippen LogP contribution in [0, 0.1) is 10.1 Å². The molecule has 4 aromatic carbocycles. The Kier molecular flexibility index (Phi) is 4.64. The average molecular weight is 472 g/mol. The summed E-state index contributed by atoms with van der Waals surface area (Å²) in [6.45, 7) is 0. The lowest BCUT2D eigenvalue weighted by atomic mass is 9.95. The van der Waals surface area contributed by atoms with E-state index in [2.05, 4.69) is 36.4 Å². The van der Waals surface area contributed by atoms with Crippen molar-refractivity contribution >= 4 is 51.6 Å². The summed E-state index contributed by atoms with van der Waals surface area (Å²) in [4.78, 5) is 13.7. The second-order valence-electron chi connectivity index (χ2n) is 7.72. The average Bonchev–Trinajstić information content (AvgIpc) is 3.21.